The highest BCUT2D eigenvalue weighted by atomic mass is 32.1. The van der Waals surface area contributed by atoms with E-state index in [-0.39, 0.29) is 18.0 Å². The lowest BCUT2D eigenvalue weighted by molar-refractivity contribution is -0.384. The summed E-state index contributed by atoms with van der Waals surface area (Å²) in [6.45, 7) is 2.96. The second-order valence-corrected chi connectivity index (χ2v) is 6.38. The van der Waals surface area contributed by atoms with Gasteiger partial charge in [0.1, 0.15) is 0 Å². The van der Waals surface area contributed by atoms with Gasteiger partial charge in [-0.15, -0.1) is 11.3 Å². The predicted octanol–water partition coefficient (Wildman–Crippen LogP) is 1.58. The zero-order valence-corrected chi connectivity index (χ0v) is 14.6. The molecule has 0 atom stereocenters. The quantitative estimate of drug-likeness (QED) is 0.466. The second-order valence-electron chi connectivity index (χ2n) is 5.54. The number of benzene rings is 1. The molecule has 2 heterocycles. The number of aromatic nitrogens is 1. The van der Waals surface area contributed by atoms with Crippen molar-refractivity contribution >= 4 is 34.3 Å². The normalized spacial score (nSPS) is 14.5. The van der Waals surface area contributed by atoms with E-state index in [1.807, 2.05) is 5.38 Å². The van der Waals surface area contributed by atoms with Gasteiger partial charge in [-0.1, -0.05) is 12.1 Å². The Morgan fingerprint density at radius 2 is 2.27 bits per heavy atom. The highest BCUT2D eigenvalue weighted by molar-refractivity contribution is 7.13. The number of ether oxygens (including phenoxy) is 1. The van der Waals surface area contributed by atoms with Crippen LogP contribution in [0.25, 0.3) is 0 Å². The largest absolute Gasteiger partial charge is 0.378 e. The standard InChI is InChI=1S/C16H17N5O4S/c22-15(19-17-10-12-2-1-3-14(8-12)21(23)24)9-13-11-26-16(18-13)20-4-6-25-7-5-20/h1-3,8,10-11H,4-7,9H2,(H,19,22)/b17-10-. The van der Waals surface area contributed by atoms with Gasteiger partial charge in [0.2, 0.25) is 5.91 Å². The molecule has 1 amide bonds. The van der Waals surface area contributed by atoms with Gasteiger partial charge in [0.05, 0.1) is 36.5 Å². The highest BCUT2D eigenvalue weighted by Gasteiger charge is 2.15. The molecule has 9 nitrogen and oxygen atoms in total. The number of anilines is 1. The molecule has 0 unspecified atom stereocenters. The van der Waals surface area contributed by atoms with Gasteiger partial charge in [0.15, 0.2) is 5.13 Å². The summed E-state index contributed by atoms with van der Waals surface area (Å²) in [5.41, 5.74) is 3.59. The Morgan fingerprint density at radius 3 is 3.04 bits per heavy atom. The fourth-order valence-electron chi connectivity index (χ4n) is 2.38. The summed E-state index contributed by atoms with van der Waals surface area (Å²) in [5.74, 6) is -0.300. The molecule has 0 saturated carbocycles. The first kappa shape index (κ1) is 18.0. The van der Waals surface area contributed by atoms with Crippen LogP contribution >= 0.6 is 11.3 Å². The van der Waals surface area contributed by atoms with Gasteiger partial charge < -0.3 is 9.64 Å². The molecule has 1 fully saturated rings. The van der Waals surface area contributed by atoms with Gasteiger partial charge in [0.25, 0.3) is 5.69 Å². The summed E-state index contributed by atoms with van der Waals surface area (Å²) < 4.78 is 5.31. The van der Waals surface area contributed by atoms with Crippen LogP contribution in [0.2, 0.25) is 0 Å². The number of non-ortho nitro benzene ring substituents is 1. The number of thiazole rings is 1. The number of nitro benzene ring substituents is 1. The predicted molar refractivity (Wildman–Crippen MR) is 97.7 cm³/mol. The first-order valence-electron chi connectivity index (χ1n) is 7.95. The number of nitrogens with zero attached hydrogens (tertiary/aromatic N) is 4. The van der Waals surface area contributed by atoms with Crippen LogP contribution in [0.5, 0.6) is 0 Å². The van der Waals surface area contributed by atoms with Gasteiger partial charge in [-0.3, -0.25) is 14.9 Å². The van der Waals surface area contributed by atoms with Gasteiger partial charge in [0, 0.05) is 36.2 Å². The number of hydrogen-bond acceptors (Lipinski definition) is 8. The van der Waals surface area contributed by atoms with E-state index in [4.69, 9.17) is 4.74 Å². The van der Waals surface area contributed by atoms with Gasteiger partial charge in [-0.2, -0.15) is 5.10 Å². The van der Waals surface area contributed by atoms with Crippen LogP contribution in [0.1, 0.15) is 11.3 Å². The SMILES string of the molecule is O=C(Cc1csc(N2CCOCC2)n1)N/N=C\c1cccc([N+](=O)[O-])c1. The number of nitro groups is 1. The summed E-state index contributed by atoms with van der Waals surface area (Å²) in [4.78, 5) is 28.8. The molecule has 26 heavy (non-hydrogen) atoms. The van der Waals surface area contributed by atoms with Crippen molar-refractivity contribution in [2.24, 2.45) is 5.10 Å². The van der Waals surface area contributed by atoms with E-state index in [1.54, 1.807) is 12.1 Å². The van der Waals surface area contributed by atoms with Crippen LogP contribution in [0.4, 0.5) is 10.8 Å². The number of carbonyl (C=O) groups is 1. The molecule has 1 saturated heterocycles. The topological polar surface area (TPSA) is 110 Å². The average Bonchev–Trinajstić information content (AvgIpc) is 3.11. The molecule has 2 aromatic rings. The van der Waals surface area contributed by atoms with Crippen molar-refractivity contribution in [1.29, 1.82) is 0 Å². The van der Waals surface area contributed by atoms with Crippen molar-refractivity contribution in [1.82, 2.24) is 10.4 Å². The van der Waals surface area contributed by atoms with Crippen LogP contribution in [0.15, 0.2) is 34.7 Å². The van der Waals surface area contributed by atoms with E-state index in [2.05, 4.69) is 20.4 Å². The number of nitrogens with one attached hydrogen (secondary N) is 1. The van der Waals surface area contributed by atoms with Crippen molar-refractivity contribution in [2.75, 3.05) is 31.2 Å². The summed E-state index contributed by atoms with van der Waals surface area (Å²) in [5, 5.41) is 17.3. The maximum Gasteiger partial charge on any atom is 0.270 e. The molecule has 0 aliphatic carbocycles. The van der Waals surface area contributed by atoms with E-state index >= 15 is 0 Å². The van der Waals surface area contributed by atoms with Crippen LogP contribution < -0.4 is 10.3 Å². The second kappa shape index (κ2) is 8.50. The first-order chi connectivity index (χ1) is 12.6. The Bertz CT molecular complexity index is 816. The zero-order chi connectivity index (χ0) is 18.4. The number of amides is 1. The van der Waals surface area contributed by atoms with E-state index < -0.39 is 4.92 Å². The summed E-state index contributed by atoms with van der Waals surface area (Å²) >= 11 is 1.50. The minimum atomic E-state index is -0.482. The van der Waals surface area contributed by atoms with Crippen LogP contribution in [-0.2, 0) is 16.0 Å². The maximum atomic E-state index is 12.0. The van der Waals surface area contributed by atoms with Crippen molar-refractivity contribution in [3.8, 4) is 0 Å². The lowest BCUT2D eigenvalue weighted by atomic mass is 10.2. The molecule has 0 bridgehead atoms. The molecule has 1 aromatic heterocycles. The Kier molecular flexibility index (Phi) is 5.87. The van der Waals surface area contributed by atoms with Gasteiger partial charge in [-0.25, -0.2) is 10.4 Å². The third kappa shape index (κ3) is 4.83. The molecule has 0 radical (unpaired) electrons. The van der Waals surface area contributed by atoms with Crippen molar-refractivity contribution in [3.63, 3.8) is 0 Å². The van der Waals surface area contributed by atoms with E-state index in [9.17, 15) is 14.9 Å². The number of morpholine rings is 1. The Hall–Kier alpha value is -2.85. The molecular formula is C16H17N5O4S. The lowest BCUT2D eigenvalue weighted by Crippen LogP contribution is -2.36. The summed E-state index contributed by atoms with van der Waals surface area (Å²) in [6, 6.07) is 6.00. The Labute approximate surface area is 153 Å². The lowest BCUT2D eigenvalue weighted by Gasteiger charge is -2.26. The molecular weight excluding hydrogens is 358 g/mol. The summed E-state index contributed by atoms with van der Waals surface area (Å²) in [6.07, 6.45) is 1.48. The molecule has 1 aliphatic rings. The van der Waals surface area contributed by atoms with Crippen molar-refractivity contribution < 1.29 is 14.5 Å². The number of hydrazone groups is 1. The highest BCUT2D eigenvalue weighted by Crippen LogP contribution is 2.21. The third-order valence-electron chi connectivity index (χ3n) is 3.65. The Balaban J connectivity index is 1.52. The van der Waals surface area contributed by atoms with E-state index in [0.29, 0.717) is 24.5 Å². The minimum absolute atomic E-state index is 0.0293. The molecule has 10 heteroatoms. The molecule has 1 aromatic carbocycles. The summed E-state index contributed by atoms with van der Waals surface area (Å²) in [7, 11) is 0. The minimum Gasteiger partial charge on any atom is -0.378 e. The zero-order valence-electron chi connectivity index (χ0n) is 13.8. The molecule has 136 valence electrons. The van der Waals surface area contributed by atoms with Crippen LogP contribution in [0, 0.1) is 10.1 Å². The van der Waals surface area contributed by atoms with Gasteiger partial charge in [-0.05, 0) is 0 Å². The molecule has 1 aliphatic heterocycles. The van der Waals surface area contributed by atoms with Gasteiger partial charge >= 0.3 is 0 Å². The maximum absolute atomic E-state index is 12.0. The van der Waals surface area contributed by atoms with Crippen LogP contribution in [-0.4, -0.2) is 48.3 Å². The van der Waals surface area contributed by atoms with Crippen LogP contribution in [0.3, 0.4) is 0 Å². The smallest absolute Gasteiger partial charge is 0.270 e. The average molecular weight is 375 g/mol. The van der Waals surface area contributed by atoms with Crippen molar-refractivity contribution in [3.05, 3.63) is 51.0 Å². The Morgan fingerprint density at radius 1 is 1.46 bits per heavy atom. The molecule has 1 N–H and O–H groups in total. The molecule has 0 spiro atoms. The molecule has 3 rings (SSSR count). The van der Waals surface area contributed by atoms with Crippen molar-refractivity contribution in [2.45, 2.75) is 6.42 Å². The number of rotatable bonds is 6. The number of hydrogen-bond donors (Lipinski definition) is 1. The number of carbonyl (C=O) groups excluding carboxylic acids is 1. The fraction of sp³-hybridized carbons (Fsp3) is 0.312. The monoisotopic (exact) mass is 375 g/mol. The van der Waals surface area contributed by atoms with E-state index in [0.717, 1.165) is 18.2 Å². The fourth-order valence-corrected chi connectivity index (χ4v) is 3.26. The van der Waals surface area contributed by atoms with E-state index in [1.165, 1.54) is 29.7 Å². The third-order valence-corrected chi connectivity index (χ3v) is 4.60. The first-order valence-corrected chi connectivity index (χ1v) is 8.83.